The molecule has 2 heterocycles. The lowest BCUT2D eigenvalue weighted by Crippen LogP contribution is -2.28. The fourth-order valence-corrected chi connectivity index (χ4v) is 3.63. The Balaban J connectivity index is 1.28. The molecule has 2 atom stereocenters. The van der Waals surface area contributed by atoms with Gasteiger partial charge in [-0.15, -0.1) is 5.10 Å². The van der Waals surface area contributed by atoms with E-state index in [4.69, 9.17) is 10.00 Å². The highest BCUT2D eigenvalue weighted by atomic mass is 19.1. The number of nitriles is 1. The number of benzene rings is 2. The minimum Gasteiger partial charge on any atom is -0.491 e. The number of nitrogens with zero attached hydrogens (tertiary/aromatic N) is 6. The van der Waals surface area contributed by atoms with Crippen molar-refractivity contribution < 1.29 is 19.0 Å². The molecule has 32 heavy (non-hydrogen) atoms. The van der Waals surface area contributed by atoms with Gasteiger partial charge in [0.1, 0.15) is 30.3 Å². The summed E-state index contributed by atoms with van der Waals surface area (Å²) in [6.07, 6.45) is -0.0579. The van der Waals surface area contributed by atoms with Crippen LogP contribution in [0.1, 0.15) is 34.1 Å². The smallest absolute Gasteiger partial charge is 0.273 e. The van der Waals surface area contributed by atoms with E-state index >= 15 is 0 Å². The molecule has 1 amide bonds. The third kappa shape index (κ3) is 5.07. The zero-order chi connectivity index (χ0) is 22.5. The molecule has 0 unspecified atom stereocenters. The Morgan fingerprint density at radius 3 is 2.69 bits per heavy atom. The van der Waals surface area contributed by atoms with E-state index in [1.165, 1.54) is 12.1 Å². The summed E-state index contributed by atoms with van der Waals surface area (Å²) < 4.78 is 18.7. The number of aliphatic hydroxyl groups is 1. The van der Waals surface area contributed by atoms with Gasteiger partial charge in [0.05, 0.1) is 6.54 Å². The first-order valence-corrected chi connectivity index (χ1v) is 10.2. The first kappa shape index (κ1) is 21.4. The van der Waals surface area contributed by atoms with Gasteiger partial charge in [0.15, 0.2) is 0 Å². The van der Waals surface area contributed by atoms with Crippen molar-refractivity contribution in [3.63, 3.8) is 0 Å². The predicted octanol–water partition coefficient (Wildman–Crippen LogP) is 1.75. The topological polar surface area (TPSA) is 117 Å². The van der Waals surface area contributed by atoms with Crippen molar-refractivity contribution in [1.82, 2.24) is 25.1 Å². The van der Waals surface area contributed by atoms with Gasteiger partial charge < -0.3 is 14.7 Å². The Hall–Kier alpha value is -3.84. The lowest BCUT2D eigenvalue weighted by Gasteiger charge is -2.17. The van der Waals surface area contributed by atoms with Crippen LogP contribution in [0.2, 0.25) is 0 Å². The van der Waals surface area contributed by atoms with Crippen LogP contribution in [-0.4, -0.2) is 61.9 Å². The minimum absolute atomic E-state index is 0.0117. The quantitative estimate of drug-likeness (QED) is 0.600. The van der Waals surface area contributed by atoms with Gasteiger partial charge in [0.2, 0.25) is 0 Å². The maximum absolute atomic E-state index is 13.1. The van der Waals surface area contributed by atoms with Gasteiger partial charge in [0.25, 0.3) is 11.7 Å². The lowest BCUT2D eigenvalue weighted by atomic mass is 9.99. The number of carbonyl (C=O) groups is 1. The van der Waals surface area contributed by atoms with Crippen LogP contribution in [0.3, 0.4) is 0 Å². The SMILES string of the molecule is N#Cc1nnn(C[C@@H](O)COc2ccc(C(=O)N3CC[C@H](c4ccc(F)cc4)C3)cc2)n1. The first-order valence-electron chi connectivity index (χ1n) is 10.2. The summed E-state index contributed by atoms with van der Waals surface area (Å²) in [4.78, 5) is 15.8. The lowest BCUT2D eigenvalue weighted by molar-refractivity contribution is 0.0788. The van der Waals surface area contributed by atoms with E-state index in [1.54, 1.807) is 47.4 Å². The van der Waals surface area contributed by atoms with Crippen molar-refractivity contribution in [3.05, 3.63) is 71.3 Å². The Bertz CT molecular complexity index is 1110. The molecule has 0 saturated carbocycles. The largest absolute Gasteiger partial charge is 0.491 e. The molecule has 4 rings (SSSR count). The summed E-state index contributed by atoms with van der Waals surface area (Å²) in [7, 11) is 0. The van der Waals surface area contributed by atoms with Crippen LogP contribution in [0.5, 0.6) is 5.75 Å². The molecule has 3 aromatic rings. The maximum atomic E-state index is 13.1. The van der Waals surface area contributed by atoms with Crippen LogP contribution in [-0.2, 0) is 6.54 Å². The molecule has 1 fully saturated rings. The summed E-state index contributed by atoms with van der Waals surface area (Å²) in [5, 5.41) is 29.7. The number of rotatable bonds is 7. The standard InChI is InChI=1S/C22H21FN6O3/c23-18-5-1-15(2-6-18)17-9-10-28(12-17)22(31)16-3-7-20(8-4-16)32-14-19(30)13-29-26-21(11-24)25-27-29/h1-8,17,19,30H,9-10,12-14H2/t17-,19+/m0/s1. The molecule has 164 valence electrons. The molecule has 1 aliphatic heterocycles. The second-order valence-corrected chi connectivity index (χ2v) is 7.56. The minimum atomic E-state index is -0.898. The number of tetrazole rings is 1. The van der Waals surface area contributed by atoms with Crippen molar-refractivity contribution in [3.8, 4) is 11.8 Å². The van der Waals surface area contributed by atoms with E-state index in [1.807, 2.05) is 0 Å². The van der Waals surface area contributed by atoms with E-state index in [0.717, 1.165) is 16.8 Å². The second kappa shape index (κ2) is 9.53. The van der Waals surface area contributed by atoms with Crippen molar-refractivity contribution in [2.24, 2.45) is 0 Å². The molecule has 1 aromatic heterocycles. The summed E-state index contributed by atoms with van der Waals surface area (Å²) in [6.45, 7) is 1.27. The average molecular weight is 436 g/mol. The molecule has 0 bridgehead atoms. The van der Waals surface area contributed by atoms with Gasteiger partial charge in [0, 0.05) is 24.6 Å². The van der Waals surface area contributed by atoms with Crippen LogP contribution < -0.4 is 4.74 Å². The average Bonchev–Trinajstić information content (AvgIpc) is 3.48. The molecule has 1 aliphatic rings. The summed E-state index contributed by atoms with van der Waals surface area (Å²) in [5.74, 6) is 0.313. The predicted molar refractivity (Wildman–Crippen MR) is 110 cm³/mol. The molecule has 0 radical (unpaired) electrons. The Kier molecular flexibility index (Phi) is 6.37. The van der Waals surface area contributed by atoms with Crippen LogP contribution in [0, 0.1) is 17.1 Å². The number of hydrogen-bond donors (Lipinski definition) is 1. The van der Waals surface area contributed by atoms with Gasteiger partial charge in [-0.3, -0.25) is 4.79 Å². The number of halogens is 1. The van der Waals surface area contributed by atoms with Crippen molar-refractivity contribution in [2.45, 2.75) is 25.0 Å². The highest BCUT2D eigenvalue weighted by Crippen LogP contribution is 2.28. The molecule has 9 nitrogen and oxygen atoms in total. The molecule has 1 saturated heterocycles. The highest BCUT2D eigenvalue weighted by Gasteiger charge is 2.28. The number of amides is 1. The normalized spacial score (nSPS) is 16.5. The van der Waals surface area contributed by atoms with Crippen molar-refractivity contribution in [2.75, 3.05) is 19.7 Å². The van der Waals surface area contributed by atoms with E-state index in [9.17, 15) is 14.3 Å². The highest BCUT2D eigenvalue weighted by molar-refractivity contribution is 5.94. The molecular weight excluding hydrogens is 415 g/mol. The maximum Gasteiger partial charge on any atom is 0.273 e. The monoisotopic (exact) mass is 436 g/mol. The molecule has 2 aromatic carbocycles. The molecule has 0 spiro atoms. The number of likely N-dealkylation sites (tertiary alicyclic amines) is 1. The molecular formula is C22H21FN6O3. The molecule has 0 aliphatic carbocycles. The van der Waals surface area contributed by atoms with E-state index in [0.29, 0.717) is 24.4 Å². The fourth-order valence-electron chi connectivity index (χ4n) is 3.63. The Morgan fingerprint density at radius 2 is 2.00 bits per heavy atom. The van der Waals surface area contributed by atoms with Gasteiger partial charge in [-0.05, 0) is 53.6 Å². The van der Waals surface area contributed by atoms with Crippen LogP contribution in [0.4, 0.5) is 4.39 Å². The summed E-state index contributed by atoms with van der Waals surface area (Å²) in [5.41, 5.74) is 1.59. The van der Waals surface area contributed by atoms with Crippen LogP contribution in [0.25, 0.3) is 0 Å². The first-order chi connectivity index (χ1) is 15.5. The number of aliphatic hydroxyl groups excluding tert-OH is 1. The van der Waals surface area contributed by atoms with Gasteiger partial charge in [-0.2, -0.15) is 10.1 Å². The number of aromatic nitrogens is 4. The Morgan fingerprint density at radius 1 is 1.25 bits per heavy atom. The third-order valence-corrected chi connectivity index (χ3v) is 5.29. The van der Waals surface area contributed by atoms with Crippen LogP contribution in [0.15, 0.2) is 48.5 Å². The van der Waals surface area contributed by atoms with Crippen LogP contribution >= 0.6 is 0 Å². The number of carbonyl (C=O) groups excluding carboxylic acids is 1. The van der Waals surface area contributed by atoms with E-state index < -0.39 is 6.10 Å². The second-order valence-electron chi connectivity index (χ2n) is 7.56. The molecule has 10 heteroatoms. The Labute approximate surface area is 183 Å². The summed E-state index contributed by atoms with van der Waals surface area (Å²) in [6, 6.07) is 14.9. The van der Waals surface area contributed by atoms with E-state index in [2.05, 4.69) is 15.4 Å². The van der Waals surface area contributed by atoms with Gasteiger partial charge in [-0.1, -0.05) is 17.2 Å². The number of ether oxygens (including phenoxy) is 1. The van der Waals surface area contributed by atoms with Gasteiger partial charge >= 0.3 is 0 Å². The summed E-state index contributed by atoms with van der Waals surface area (Å²) >= 11 is 0. The van der Waals surface area contributed by atoms with E-state index in [-0.39, 0.29) is 36.6 Å². The third-order valence-electron chi connectivity index (χ3n) is 5.29. The molecule has 1 N–H and O–H groups in total. The zero-order valence-electron chi connectivity index (χ0n) is 17.1. The van der Waals surface area contributed by atoms with Crippen molar-refractivity contribution in [1.29, 1.82) is 5.26 Å². The van der Waals surface area contributed by atoms with Crippen molar-refractivity contribution >= 4 is 5.91 Å². The van der Waals surface area contributed by atoms with Gasteiger partial charge in [-0.25, -0.2) is 4.39 Å². The fraction of sp³-hybridized carbons (Fsp3) is 0.318. The number of hydrogen-bond acceptors (Lipinski definition) is 7. The zero-order valence-corrected chi connectivity index (χ0v) is 17.1.